The lowest BCUT2D eigenvalue weighted by atomic mass is 10.1. The van der Waals surface area contributed by atoms with Crippen molar-refractivity contribution in [3.63, 3.8) is 0 Å². The van der Waals surface area contributed by atoms with Gasteiger partial charge in [0, 0.05) is 23.5 Å². The third-order valence-corrected chi connectivity index (χ3v) is 4.40. The highest BCUT2D eigenvalue weighted by Crippen LogP contribution is 2.15. The first kappa shape index (κ1) is 20.5. The van der Waals surface area contributed by atoms with Gasteiger partial charge in [-0.2, -0.15) is 0 Å². The lowest BCUT2D eigenvalue weighted by Gasteiger charge is -2.23. The molecule has 1 aromatic carbocycles. The van der Waals surface area contributed by atoms with Crippen LogP contribution in [0.4, 0.5) is 0 Å². The van der Waals surface area contributed by atoms with Crippen LogP contribution in [0.25, 0.3) is 0 Å². The van der Waals surface area contributed by atoms with Crippen LogP contribution in [0.3, 0.4) is 0 Å². The van der Waals surface area contributed by atoms with Crippen molar-refractivity contribution >= 4 is 23.4 Å². The van der Waals surface area contributed by atoms with Crippen molar-refractivity contribution in [1.82, 2.24) is 10.2 Å². The second kappa shape index (κ2) is 9.24. The fourth-order valence-corrected chi connectivity index (χ4v) is 3.06. The average molecular weight is 383 g/mol. The maximum atomic E-state index is 12.4. The monoisotopic (exact) mass is 382 g/mol. The molecule has 0 spiro atoms. The Morgan fingerprint density at radius 1 is 1.19 bits per heavy atom. The first-order valence-corrected chi connectivity index (χ1v) is 9.41. The summed E-state index contributed by atoms with van der Waals surface area (Å²) in [5.74, 6) is 0.655. The zero-order valence-electron chi connectivity index (χ0n) is 15.8. The first-order valence-electron chi connectivity index (χ1n) is 9.04. The van der Waals surface area contributed by atoms with Gasteiger partial charge in [-0.1, -0.05) is 11.6 Å². The molecule has 1 saturated heterocycles. The number of nitrogens with zero attached hydrogens (tertiary/aromatic N) is 1. The van der Waals surface area contributed by atoms with E-state index in [0.717, 1.165) is 19.5 Å². The fraction of sp³-hybridized carbons (Fsp3) is 0.579. The predicted molar refractivity (Wildman–Crippen MR) is 102 cm³/mol. The Balaban J connectivity index is 1.77. The molecule has 0 aromatic heterocycles. The summed E-state index contributed by atoms with van der Waals surface area (Å²) in [4.78, 5) is 27.5. The van der Waals surface area contributed by atoms with Crippen LogP contribution in [0.5, 0.6) is 5.75 Å². The van der Waals surface area contributed by atoms with E-state index in [1.54, 1.807) is 24.3 Å². The van der Waals surface area contributed by atoms with Gasteiger partial charge in [0.1, 0.15) is 5.75 Å². The van der Waals surface area contributed by atoms with Crippen LogP contribution in [0.15, 0.2) is 24.3 Å². The number of carbonyl (C=O) groups excluding carboxylic acids is 2. The van der Waals surface area contributed by atoms with Crippen LogP contribution >= 0.6 is 11.6 Å². The van der Waals surface area contributed by atoms with Gasteiger partial charge >= 0.3 is 0 Å². The Labute approximate surface area is 160 Å². The van der Waals surface area contributed by atoms with Crippen LogP contribution in [-0.4, -0.2) is 61.6 Å². The van der Waals surface area contributed by atoms with Crippen molar-refractivity contribution in [3.05, 3.63) is 29.3 Å². The average Bonchev–Trinajstić information content (AvgIpc) is 2.78. The van der Waals surface area contributed by atoms with E-state index in [4.69, 9.17) is 16.3 Å². The molecule has 1 aliphatic rings. The third kappa shape index (κ3) is 7.22. The molecule has 26 heavy (non-hydrogen) atoms. The molecule has 0 aliphatic carbocycles. The summed E-state index contributed by atoms with van der Waals surface area (Å²) in [6, 6.07) is 6.96. The van der Waals surface area contributed by atoms with E-state index < -0.39 is 0 Å². The lowest BCUT2D eigenvalue weighted by molar-refractivity contribution is -0.889. The number of quaternary nitrogens is 1. The highest BCUT2D eigenvalue weighted by Gasteiger charge is 2.24. The van der Waals surface area contributed by atoms with Crippen molar-refractivity contribution < 1.29 is 19.2 Å². The van der Waals surface area contributed by atoms with Crippen LogP contribution in [-0.2, 0) is 9.59 Å². The molecule has 1 atom stereocenters. The summed E-state index contributed by atoms with van der Waals surface area (Å²) >= 11 is 5.84. The minimum Gasteiger partial charge on any atom is -0.484 e. The zero-order chi connectivity index (χ0) is 19.2. The molecule has 1 fully saturated rings. The van der Waals surface area contributed by atoms with Gasteiger partial charge in [-0.3, -0.25) is 9.59 Å². The van der Waals surface area contributed by atoms with Crippen LogP contribution in [0, 0.1) is 0 Å². The van der Waals surface area contributed by atoms with Crippen molar-refractivity contribution in [2.24, 2.45) is 0 Å². The number of rotatable bonds is 5. The van der Waals surface area contributed by atoms with Gasteiger partial charge in [-0.15, -0.1) is 0 Å². The van der Waals surface area contributed by atoms with E-state index >= 15 is 0 Å². The molecule has 1 aliphatic heterocycles. The summed E-state index contributed by atoms with van der Waals surface area (Å²) in [5.41, 5.74) is -0.219. The Morgan fingerprint density at radius 3 is 2.54 bits per heavy atom. The fourth-order valence-electron chi connectivity index (χ4n) is 2.93. The van der Waals surface area contributed by atoms with Crippen molar-refractivity contribution in [3.8, 4) is 5.75 Å². The molecule has 1 heterocycles. The molecule has 1 aromatic rings. The molecular weight excluding hydrogens is 354 g/mol. The third-order valence-electron chi connectivity index (χ3n) is 4.15. The minimum atomic E-state index is -0.219. The number of nitrogens with one attached hydrogen (secondary N) is 2. The molecule has 7 heteroatoms. The number of benzene rings is 1. The molecule has 0 saturated carbocycles. The number of carbonyl (C=O) groups is 2. The summed E-state index contributed by atoms with van der Waals surface area (Å²) in [6.07, 6.45) is 0.880. The molecule has 2 N–H and O–H groups in total. The quantitative estimate of drug-likeness (QED) is 0.790. The summed E-state index contributed by atoms with van der Waals surface area (Å²) < 4.78 is 5.54. The summed E-state index contributed by atoms with van der Waals surface area (Å²) in [5, 5.41) is 3.63. The smallest absolute Gasteiger partial charge is 0.275 e. The molecule has 1 unspecified atom stereocenters. The standard InChI is InChI=1S/C19H28ClN3O3/c1-19(2,3)21-17(24)13-22-9-4-10-23(12-11-22)18(25)14-26-16-7-5-15(20)6-8-16/h5-8H,4,9-14H2,1-3H3,(H,21,24)/p+1. The Hall–Kier alpha value is -1.79. The van der Waals surface area contributed by atoms with E-state index in [1.807, 2.05) is 25.7 Å². The molecule has 2 rings (SSSR count). The molecule has 0 bridgehead atoms. The Morgan fingerprint density at radius 2 is 1.88 bits per heavy atom. The second-order valence-corrected chi connectivity index (χ2v) is 8.14. The van der Waals surface area contributed by atoms with E-state index in [2.05, 4.69) is 5.32 Å². The van der Waals surface area contributed by atoms with E-state index in [9.17, 15) is 9.59 Å². The minimum absolute atomic E-state index is 0.0154. The van der Waals surface area contributed by atoms with Crippen LogP contribution in [0.2, 0.25) is 5.02 Å². The normalized spacial score (nSPS) is 18.2. The van der Waals surface area contributed by atoms with Crippen molar-refractivity contribution in [2.75, 3.05) is 39.3 Å². The maximum Gasteiger partial charge on any atom is 0.275 e. The molecule has 6 nitrogen and oxygen atoms in total. The van der Waals surface area contributed by atoms with E-state index in [-0.39, 0.29) is 24.0 Å². The molecule has 2 amide bonds. The predicted octanol–water partition coefficient (Wildman–Crippen LogP) is 0.751. The largest absolute Gasteiger partial charge is 0.484 e. The molecular formula is C19H29ClN3O3+. The van der Waals surface area contributed by atoms with Crippen molar-refractivity contribution in [2.45, 2.75) is 32.7 Å². The van der Waals surface area contributed by atoms with Crippen LogP contribution in [0.1, 0.15) is 27.2 Å². The van der Waals surface area contributed by atoms with Gasteiger partial charge in [0.05, 0.1) is 19.6 Å². The molecule has 144 valence electrons. The highest BCUT2D eigenvalue weighted by atomic mass is 35.5. The highest BCUT2D eigenvalue weighted by molar-refractivity contribution is 6.30. The topological polar surface area (TPSA) is 63.1 Å². The first-order chi connectivity index (χ1) is 12.2. The van der Waals surface area contributed by atoms with E-state index in [1.165, 1.54) is 4.90 Å². The second-order valence-electron chi connectivity index (χ2n) is 7.70. The van der Waals surface area contributed by atoms with E-state index in [0.29, 0.717) is 30.4 Å². The maximum absolute atomic E-state index is 12.4. The molecule has 0 radical (unpaired) electrons. The number of ether oxygens (including phenoxy) is 1. The van der Waals surface area contributed by atoms with Gasteiger partial charge in [0.15, 0.2) is 13.2 Å². The number of hydrogen-bond donors (Lipinski definition) is 2. The van der Waals surface area contributed by atoms with Gasteiger partial charge in [0.2, 0.25) is 0 Å². The van der Waals surface area contributed by atoms with Crippen molar-refractivity contribution in [1.29, 1.82) is 0 Å². The zero-order valence-corrected chi connectivity index (χ0v) is 16.6. The van der Waals surface area contributed by atoms with Gasteiger partial charge in [-0.05, 0) is 45.0 Å². The summed E-state index contributed by atoms with van der Waals surface area (Å²) in [7, 11) is 0. The lowest BCUT2D eigenvalue weighted by Crippen LogP contribution is -3.13. The Kier molecular flexibility index (Phi) is 7.29. The Bertz CT molecular complexity index is 613. The van der Waals surface area contributed by atoms with Gasteiger partial charge in [0.25, 0.3) is 11.8 Å². The number of halogens is 1. The number of hydrogen-bond acceptors (Lipinski definition) is 3. The number of amides is 2. The SMILES string of the molecule is CC(C)(C)NC(=O)C[NH+]1CCCN(C(=O)COc2ccc(Cl)cc2)CC1. The van der Waals surface area contributed by atoms with Crippen LogP contribution < -0.4 is 15.0 Å². The van der Waals surface area contributed by atoms with Gasteiger partial charge < -0.3 is 19.9 Å². The van der Waals surface area contributed by atoms with Gasteiger partial charge in [-0.25, -0.2) is 0 Å². The summed E-state index contributed by atoms with van der Waals surface area (Å²) in [6.45, 7) is 9.39.